The predicted octanol–water partition coefficient (Wildman–Crippen LogP) is 3.36. The van der Waals surface area contributed by atoms with E-state index in [4.69, 9.17) is 18.9 Å². The minimum Gasteiger partial charge on any atom is -0.496 e. The van der Waals surface area contributed by atoms with E-state index in [1.807, 2.05) is 56.3 Å². The third kappa shape index (κ3) is 6.02. The molecule has 1 fully saturated rings. The van der Waals surface area contributed by atoms with Crippen molar-refractivity contribution in [3.63, 3.8) is 0 Å². The van der Waals surface area contributed by atoms with Gasteiger partial charge in [0.1, 0.15) is 5.75 Å². The van der Waals surface area contributed by atoms with E-state index in [0.29, 0.717) is 24.3 Å². The van der Waals surface area contributed by atoms with Crippen molar-refractivity contribution in [2.24, 2.45) is 0 Å². The van der Waals surface area contributed by atoms with E-state index in [9.17, 15) is 13.0 Å². The van der Waals surface area contributed by atoms with Crippen LogP contribution < -0.4 is 4.74 Å². The van der Waals surface area contributed by atoms with Crippen molar-refractivity contribution in [3.05, 3.63) is 65.2 Å². The van der Waals surface area contributed by atoms with Gasteiger partial charge >= 0.3 is 0 Å². The van der Waals surface area contributed by atoms with Gasteiger partial charge in [0.05, 0.1) is 26.4 Å². The molecule has 0 spiro atoms. The fourth-order valence-electron chi connectivity index (χ4n) is 3.51. The van der Waals surface area contributed by atoms with E-state index in [0.717, 1.165) is 11.1 Å². The molecule has 1 aliphatic heterocycles. The smallest absolute Gasteiger partial charge is 0.292 e. The summed E-state index contributed by atoms with van der Waals surface area (Å²) >= 11 is 0. The lowest BCUT2D eigenvalue weighted by molar-refractivity contribution is -0.138. The Labute approximate surface area is 177 Å². The van der Waals surface area contributed by atoms with Crippen molar-refractivity contribution in [2.45, 2.75) is 50.6 Å². The van der Waals surface area contributed by atoms with Crippen molar-refractivity contribution in [2.75, 3.05) is 13.7 Å². The molecule has 3 rings (SSSR count). The molecule has 2 unspecified atom stereocenters. The Morgan fingerprint density at radius 1 is 1.17 bits per heavy atom. The molecule has 8 heteroatoms. The fraction of sp³-hybridized carbons (Fsp3) is 0.455. The summed E-state index contributed by atoms with van der Waals surface area (Å²) in [6, 6.07) is 14.6. The first-order chi connectivity index (χ1) is 14.2. The van der Waals surface area contributed by atoms with Crippen molar-refractivity contribution < 1.29 is 31.9 Å². The summed E-state index contributed by atoms with van der Waals surface area (Å²) in [7, 11) is -2.87. The number of benzene rings is 2. The molecule has 2 aromatic carbocycles. The summed E-state index contributed by atoms with van der Waals surface area (Å²) in [4.78, 5) is 0. The summed E-state index contributed by atoms with van der Waals surface area (Å²) < 4.78 is 56.4. The lowest BCUT2D eigenvalue weighted by atomic mass is 9.98. The molecule has 1 N–H and O–H groups in total. The van der Waals surface area contributed by atoms with Crippen LogP contribution in [0.15, 0.2) is 48.5 Å². The first kappa shape index (κ1) is 22.7. The Morgan fingerprint density at radius 3 is 2.50 bits per heavy atom. The van der Waals surface area contributed by atoms with Crippen molar-refractivity contribution in [1.29, 1.82) is 0 Å². The van der Waals surface area contributed by atoms with Crippen LogP contribution in [0.5, 0.6) is 5.75 Å². The second kappa shape index (κ2) is 9.45. The second-order valence-corrected chi connectivity index (χ2v) is 9.25. The normalized spacial score (nSPS) is 19.5. The molecule has 0 bridgehead atoms. The molecule has 30 heavy (non-hydrogen) atoms. The minimum atomic E-state index is -4.43. The van der Waals surface area contributed by atoms with Crippen molar-refractivity contribution >= 4 is 10.1 Å². The Morgan fingerprint density at radius 2 is 1.90 bits per heavy atom. The molecule has 164 valence electrons. The molecule has 0 amide bonds. The SMILES string of the molecule is COc1cccc(CC(OCc2ccccc2)S(=O)(=O)O)c1CC1COC(C)(C)O1. The van der Waals surface area contributed by atoms with Crippen molar-refractivity contribution in [3.8, 4) is 5.75 Å². The van der Waals surface area contributed by atoms with E-state index < -0.39 is 21.3 Å². The van der Waals surface area contributed by atoms with Crippen LogP contribution >= 0.6 is 0 Å². The minimum absolute atomic E-state index is 0.0187. The number of hydrogen-bond donors (Lipinski definition) is 1. The van der Waals surface area contributed by atoms with Gasteiger partial charge < -0.3 is 18.9 Å². The van der Waals surface area contributed by atoms with Crippen LogP contribution in [0.25, 0.3) is 0 Å². The fourth-order valence-corrected chi connectivity index (χ4v) is 4.14. The van der Waals surface area contributed by atoms with E-state index in [1.165, 1.54) is 0 Å². The van der Waals surface area contributed by atoms with Gasteiger partial charge in [0.15, 0.2) is 11.2 Å². The molecule has 0 aliphatic carbocycles. The molecule has 1 heterocycles. The van der Waals surface area contributed by atoms with E-state index >= 15 is 0 Å². The standard InChI is InChI=1S/C22H28O7S/c1-22(2)28-15-18(29-22)13-19-17(10-7-11-20(19)26-3)12-21(30(23,24)25)27-14-16-8-5-4-6-9-16/h4-11,18,21H,12-15H2,1-3H3,(H,23,24,25). The summed E-state index contributed by atoms with van der Waals surface area (Å²) in [5.74, 6) is -0.0410. The first-order valence-corrected chi connectivity index (χ1v) is 11.3. The highest BCUT2D eigenvalue weighted by Crippen LogP contribution is 2.31. The highest BCUT2D eigenvalue weighted by atomic mass is 32.2. The monoisotopic (exact) mass is 436 g/mol. The Bertz CT molecular complexity index is 941. The maximum absolute atomic E-state index is 12.0. The van der Waals surface area contributed by atoms with E-state index in [-0.39, 0.29) is 19.1 Å². The number of hydrogen-bond acceptors (Lipinski definition) is 6. The number of methoxy groups -OCH3 is 1. The molecule has 1 aliphatic rings. The molecule has 7 nitrogen and oxygen atoms in total. The molecular formula is C22H28O7S. The van der Waals surface area contributed by atoms with Gasteiger partial charge in [0, 0.05) is 18.4 Å². The summed E-state index contributed by atoms with van der Waals surface area (Å²) in [6.45, 7) is 4.19. The summed E-state index contributed by atoms with van der Waals surface area (Å²) in [5.41, 5.74) is 0.929. The largest absolute Gasteiger partial charge is 0.496 e. The quantitative estimate of drug-likeness (QED) is 0.603. The van der Waals surface area contributed by atoms with Crippen LogP contribution in [0.2, 0.25) is 0 Å². The first-order valence-electron chi connectivity index (χ1n) is 9.76. The molecule has 2 aromatic rings. The predicted molar refractivity (Wildman–Crippen MR) is 112 cm³/mol. The number of rotatable bonds is 9. The van der Waals surface area contributed by atoms with Crippen molar-refractivity contribution in [1.82, 2.24) is 0 Å². The van der Waals surface area contributed by atoms with Gasteiger partial charge in [0.25, 0.3) is 10.1 Å². The summed E-state index contributed by atoms with van der Waals surface area (Å²) in [6.07, 6.45) is 0.277. The van der Waals surface area contributed by atoms with E-state index in [2.05, 4.69) is 0 Å². The van der Waals surface area contributed by atoms with Gasteiger partial charge in [-0.3, -0.25) is 4.55 Å². The van der Waals surface area contributed by atoms with E-state index in [1.54, 1.807) is 13.2 Å². The second-order valence-electron chi connectivity index (χ2n) is 7.70. The Kier molecular flexibility index (Phi) is 7.15. The third-order valence-electron chi connectivity index (χ3n) is 4.95. The summed E-state index contributed by atoms with van der Waals surface area (Å²) in [5, 5.41) is 0. The third-order valence-corrected chi connectivity index (χ3v) is 5.91. The average molecular weight is 437 g/mol. The molecular weight excluding hydrogens is 408 g/mol. The average Bonchev–Trinajstić information content (AvgIpc) is 3.04. The van der Waals surface area contributed by atoms with Crippen LogP contribution in [-0.4, -0.2) is 44.0 Å². The zero-order valence-electron chi connectivity index (χ0n) is 17.4. The van der Waals surface area contributed by atoms with Gasteiger partial charge in [-0.2, -0.15) is 8.42 Å². The zero-order chi connectivity index (χ0) is 21.8. The van der Waals surface area contributed by atoms with Gasteiger partial charge in [-0.25, -0.2) is 0 Å². The van der Waals surface area contributed by atoms with Crippen LogP contribution in [0.3, 0.4) is 0 Å². The lowest BCUT2D eigenvalue weighted by Crippen LogP contribution is -2.27. The van der Waals surface area contributed by atoms with Gasteiger partial charge in [-0.05, 0) is 31.0 Å². The van der Waals surface area contributed by atoms with Crippen LogP contribution in [-0.2, 0) is 43.8 Å². The van der Waals surface area contributed by atoms with Crippen LogP contribution in [0, 0.1) is 0 Å². The van der Waals surface area contributed by atoms with Gasteiger partial charge in [-0.15, -0.1) is 0 Å². The number of ether oxygens (including phenoxy) is 4. The van der Waals surface area contributed by atoms with Gasteiger partial charge in [-0.1, -0.05) is 42.5 Å². The lowest BCUT2D eigenvalue weighted by Gasteiger charge is -2.21. The highest BCUT2D eigenvalue weighted by molar-refractivity contribution is 7.86. The molecule has 0 aromatic heterocycles. The topological polar surface area (TPSA) is 91.3 Å². The molecule has 1 saturated heterocycles. The zero-order valence-corrected chi connectivity index (χ0v) is 18.2. The Balaban J connectivity index is 1.81. The maximum atomic E-state index is 12.0. The molecule has 0 radical (unpaired) electrons. The Hall–Kier alpha value is -1.97. The van der Waals surface area contributed by atoms with Gasteiger partial charge in [0.2, 0.25) is 0 Å². The molecule has 2 atom stereocenters. The van der Waals surface area contributed by atoms with Crippen LogP contribution in [0.1, 0.15) is 30.5 Å². The highest BCUT2D eigenvalue weighted by Gasteiger charge is 2.34. The van der Waals surface area contributed by atoms with Crippen LogP contribution in [0.4, 0.5) is 0 Å². The molecule has 0 saturated carbocycles. The maximum Gasteiger partial charge on any atom is 0.292 e.